The van der Waals surface area contributed by atoms with Crippen LogP contribution in [0.4, 0.5) is 10.3 Å². The van der Waals surface area contributed by atoms with E-state index in [-0.39, 0.29) is 18.1 Å². The van der Waals surface area contributed by atoms with E-state index >= 15 is 0 Å². The average molecular weight is 324 g/mol. The first-order valence-electron chi connectivity index (χ1n) is 5.57. The number of aromatic nitrogens is 2. The predicted molar refractivity (Wildman–Crippen MR) is 74.3 cm³/mol. The molecule has 0 spiro atoms. The second kappa shape index (κ2) is 5.88. The Hall–Kier alpha value is -1.82. The second-order valence-corrected chi connectivity index (χ2v) is 4.89. The molecule has 0 unspecified atom stereocenters. The van der Waals surface area contributed by atoms with E-state index in [2.05, 4.69) is 31.2 Å². The lowest BCUT2D eigenvalue weighted by Gasteiger charge is -2.05. The lowest BCUT2D eigenvalue weighted by atomic mass is 10.1. The molecule has 0 atom stereocenters. The predicted octanol–water partition coefficient (Wildman–Crippen LogP) is 3.05. The maximum atomic E-state index is 13.7. The summed E-state index contributed by atoms with van der Waals surface area (Å²) in [4.78, 5) is 18.9. The van der Waals surface area contributed by atoms with Gasteiger partial charge in [0.15, 0.2) is 0 Å². The van der Waals surface area contributed by atoms with Gasteiger partial charge in [0.05, 0.1) is 6.54 Å². The first kappa shape index (κ1) is 13.6. The van der Waals surface area contributed by atoms with Crippen LogP contribution in [0, 0.1) is 5.82 Å². The highest BCUT2D eigenvalue weighted by molar-refractivity contribution is 9.10. The zero-order chi connectivity index (χ0) is 13.8. The molecule has 0 fully saturated rings. The number of benzene rings is 1. The normalized spacial score (nSPS) is 10.3. The van der Waals surface area contributed by atoms with E-state index in [0.717, 1.165) is 4.47 Å². The van der Waals surface area contributed by atoms with Crippen molar-refractivity contribution < 1.29 is 9.18 Å². The number of carbonyl (C=O) groups excluding carboxylic acids is 1. The van der Waals surface area contributed by atoms with Crippen LogP contribution >= 0.6 is 15.9 Å². The molecule has 0 radical (unpaired) electrons. The van der Waals surface area contributed by atoms with Gasteiger partial charge in [-0.25, -0.2) is 14.4 Å². The van der Waals surface area contributed by atoms with Crippen molar-refractivity contribution in [2.45, 2.75) is 6.92 Å². The molecule has 2 rings (SSSR count). The summed E-state index contributed by atoms with van der Waals surface area (Å²) in [7, 11) is 0. The molecule has 1 heterocycles. The number of anilines is 1. The minimum atomic E-state index is -0.337. The summed E-state index contributed by atoms with van der Waals surface area (Å²) < 4.78 is 14.5. The lowest BCUT2D eigenvalue weighted by Crippen LogP contribution is -2.11. The third-order valence-corrected chi connectivity index (χ3v) is 2.88. The molecule has 4 nitrogen and oxygen atoms in total. The topological polar surface area (TPSA) is 54.9 Å². The van der Waals surface area contributed by atoms with Crippen molar-refractivity contribution in [3.05, 3.63) is 40.9 Å². The van der Waals surface area contributed by atoms with Crippen molar-refractivity contribution in [1.82, 2.24) is 9.97 Å². The van der Waals surface area contributed by atoms with Gasteiger partial charge in [-0.05, 0) is 25.1 Å². The minimum Gasteiger partial charge on any atom is -0.347 e. The maximum Gasteiger partial charge on any atom is 0.222 e. The Morgan fingerprint density at radius 1 is 1.37 bits per heavy atom. The Bertz CT molecular complexity index is 601. The molecule has 0 bridgehead atoms. The number of rotatable bonds is 4. The third-order valence-electron chi connectivity index (χ3n) is 2.39. The zero-order valence-electron chi connectivity index (χ0n) is 10.2. The summed E-state index contributed by atoms with van der Waals surface area (Å²) in [5.74, 6) is -0.00342. The fourth-order valence-corrected chi connectivity index (χ4v) is 1.84. The number of nitrogens with zero attached hydrogens (tertiary/aromatic N) is 2. The van der Waals surface area contributed by atoms with E-state index in [1.165, 1.54) is 25.4 Å². The van der Waals surface area contributed by atoms with Crippen LogP contribution in [0.2, 0.25) is 0 Å². The van der Waals surface area contributed by atoms with E-state index in [1.807, 2.05) is 0 Å². The molecule has 0 aliphatic heterocycles. The number of ketones is 1. The van der Waals surface area contributed by atoms with Crippen LogP contribution in [0.25, 0.3) is 11.1 Å². The molecule has 98 valence electrons. The van der Waals surface area contributed by atoms with Gasteiger partial charge in [0.25, 0.3) is 0 Å². The largest absolute Gasteiger partial charge is 0.347 e. The first-order chi connectivity index (χ1) is 9.06. The summed E-state index contributed by atoms with van der Waals surface area (Å²) in [5.41, 5.74) is 1.000. The first-order valence-corrected chi connectivity index (χ1v) is 6.36. The van der Waals surface area contributed by atoms with E-state index < -0.39 is 0 Å². The number of carbonyl (C=O) groups is 1. The van der Waals surface area contributed by atoms with E-state index in [4.69, 9.17) is 0 Å². The Balaban J connectivity index is 2.22. The highest BCUT2D eigenvalue weighted by Crippen LogP contribution is 2.25. The van der Waals surface area contributed by atoms with Gasteiger partial charge >= 0.3 is 0 Å². The average Bonchev–Trinajstić information content (AvgIpc) is 2.40. The van der Waals surface area contributed by atoms with Crippen LogP contribution in [0.15, 0.2) is 35.1 Å². The van der Waals surface area contributed by atoms with Gasteiger partial charge in [0.1, 0.15) is 11.6 Å². The second-order valence-electron chi connectivity index (χ2n) is 3.98. The molecule has 6 heteroatoms. The van der Waals surface area contributed by atoms with Gasteiger partial charge in [0, 0.05) is 28.0 Å². The van der Waals surface area contributed by atoms with E-state index in [1.54, 1.807) is 12.1 Å². The minimum absolute atomic E-state index is 0.00860. The molecule has 19 heavy (non-hydrogen) atoms. The van der Waals surface area contributed by atoms with Crippen LogP contribution in [0.3, 0.4) is 0 Å². The summed E-state index contributed by atoms with van der Waals surface area (Å²) in [6, 6.07) is 4.67. The van der Waals surface area contributed by atoms with Gasteiger partial charge in [0.2, 0.25) is 5.95 Å². The van der Waals surface area contributed by atoms with E-state index in [0.29, 0.717) is 17.1 Å². The van der Waals surface area contributed by atoms with E-state index in [9.17, 15) is 9.18 Å². The van der Waals surface area contributed by atoms with Crippen LogP contribution in [0.5, 0.6) is 0 Å². The highest BCUT2D eigenvalue weighted by Gasteiger charge is 2.07. The Morgan fingerprint density at radius 3 is 2.68 bits per heavy atom. The highest BCUT2D eigenvalue weighted by atomic mass is 79.9. The molecule has 1 aromatic carbocycles. The van der Waals surface area contributed by atoms with Crippen LogP contribution in [-0.4, -0.2) is 22.3 Å². The molecule has 0 aliphatic rings. The zero-order valence-corrected chi connectivity index (χ0v) is 11.7. The number of hydrogen-bond donors (Lipinski definition) is 1. The SMILES string of the molecule is CC(=O)CNc1ncc(-c2cc(Br)ccc2F)cn1. The monoisotopic (exact) mass is 323 g/mol. The van der Waals surface area contributed by atoms with Gasteiger partial charge in [-0.2, -0.15) is 0 Å². The third kappa shape index (κ3) is 3.57. The molecule has 1 N–H and O–H groups in total. The molecule has 0 aliphatic carbocycles. The van der Waals surface area contributed by atoms with Crippen molar-refractivity contribution >= 4 is 27.7 Å². The van der Waals surface area contributed by atoms with Gasteiger partial charge in [-0.1, -0.05) is 15.9 Å². The molecule has 2 aromatic rings. The number of Topliss-reactive ketones (excluding diaryl/α,β-unsaturated/α-hetero) is 1. The molecule has 0 amide bonds. The number of nitrogens with one attached hydrogen (secondary N) is 1. The summed E-state index contributed by atoms with van der Waals surface area (Å²) >= 11 is 3.29. The van der Waals surface area contributed by atoms with Crippen molar-refractivity contribution in [1.29, 1.82) is 0 Å². The van der Waals surface area contributed by atoms with Crippen LogP contribution in [0.1, 0.15) is 6.92 Å². The lowest BCUT2D eigenvalue weighted by molar-refractivity contribution is -0.115. The number of hydrogen-bond acceptors (Lipinski definition) is 4. The van der Waals surface area contributed by atoms with Gasteiger partial charge in [-0.3, -0.25) is 4.79 Å². The molecule has 0 saturated heterocycles. The van der Waals surface area contributed by atoms with Crippen molar-refractivity contribution in [3.8, 4) is 11.1 Å². The van der Waals surface area contributed by atoms with Crippen molar-refractivity contribution in [2.75, 3.05) is 11.9 Å². The standard InChI is InChI=1S/C13H11BrFN3O/c1-8(19)5-16-13-17-6-9(7-18-13)11-4-10(14)2-3-12(11)15/h2-4,6-7H,5H2,1H3,(H,16,17,18). The Morgan fingerprint density at radius 2 is 2.05 bits per heavy atom. The van der Waals surface area contributed by atoms with Crippen LogP contribution < -0.4 is 5.32 Å². The van der Waals surface area contributed by atoms with Crippen molar-refractivity contribution in [3.63, 3.8) is 0 Å². The Labute approximate surface area is 118 Å². The number of halogens is 2. The fraction of sp³-hybridized carbons (Fsp3) is 0.154. The van der Waals surface area contributed by atoms with Gasteiger partial charge in [-0.15, -0.1) is 0 Å². The van der Waals surface area contributed by atoms with Crippen LogP contribution in [-0.2, 0) is 4.79 Å². The van der Waals surface area contributed by atoms with Gasteiger partial charge < -0.3 is 5.32 Å². The molecule has 0 saturated carbocycles. The molecular weight excluding hydrogens is 313 g/mol. The summed E-state index contributed by atoms with van der Waals surface area (Å²) in [5, 5.41) is 2.77. The van der Waals surface area contributed by atoms with Crippen molar-refractivity contribution in [2.24, 2.45) is 0 Å². The summed E-state index contributed by atoms with van der Waals surface area (Å²) in [6.07, 6.45) is 3.03. The smallest absolute Gasteiger partial charge is 0.222 e. The quantitative estimate of drug-likeness (QED) is 0.939. The summed E-state index contributed by atoms with van der Waals surface area (Å²) in [6.45, 7) is 1.64. The molecule has 1 aromatic heterocycles. The molecular formula is C13H11BrFN3O. The maximum absolute atomic E-state index is 13.7. The Kier molecular flexibility index (Phi) is 4.21. The fourth-order valence-electron chi connectivity index (χ4n) is 1.48.